The van der Waals surface area contributed by atoms with Crippen molar-refractivity contribution in [3.05, 3.63) is 204 Å². The number of nitrogens with one attached hydrogen (secondary N) is 9. The number of aromatic nitrogens is 10. The zero-order valence-electron chi connectivity index (χ0n) is 77.2. The number of phenols is 2. The Morgan fingerprint density at radius 3 is 1.20 bits per heavy atom. The third-order valence-corrected chi connectivity index (χ3v) is 24.2. The largest absolute Gasteiger partial charge is 0.505 e. The molecule has 71 heteroatoms. The summed E-state index contributed by atoms with van der Waals surface area (Å²) in [7, 11) is -20.2. The van der Waals surface area contributed by atoms with Crippen LogP contribution in [0.3, 0.4) is 0 Å². The lowest BCUT2D eigenvalue weighted by molar-refractivity contribution is -0.432. The van der Waals surface area contributed by atoms with E-state index in [1.165, 1.54) is 104 Å². The number of halogens is 1. The number of nitrogens with zero attached hydrogens (tertiary/aromatic N) is 15. The summed E-state index contributed by atoms with van der Waals surface area (Å²) in [5, 5.41) is 114. The van der Waals surface area contributed by atoms with Crippen LogP contribution in [0.25, 0.3) is 21.5 Å². The molecule has 0 fully saturated rings. The monoisotopic (exact) mass is 2340 g/mol. The Morgan fingerprint density at radius 1 is 0.450 bits per heavy atom. The van der Waals surface area contributed by atoms with E-state index in [4.69, 9.17) is 51.1 Å². The van der Waals surface area contributed by atoms with Crippen molar-refractivity contribution in [3.63, 3.8) is 0 Å². The fourth-order valence-corrected chi connectivity index (χ4v) is 16.4. The van der Waals surface area contributed by atoms with Crippen molar-refractivity contribution < 1.29 is 136 Å². The van der Waals surface area contributed by atoms with Crippen molar-refractivity contribution >= 4 is 254 Å². The molecule has 149 heavy (non-hydrogen) atoms. The normalized spacial score (nSPS) is 11.6. The predicted molar refractivity (Wildman–Crippen MR) is 548 cm³/mol. The molecule has 13 aromatic rings. The number of nitrogens with two attached hydrogens (primary N) is 5. The summed E-state index contributed by atoms with van der Waals surface area (Å²) in [6.07, 6.45) is 4.32. The van der Waals surface area contributed by atoms with E-state index in [-0.39, 0.29) is 136 Å². The van der Waals surface area contributed by atoms with Gasteiger partial charge in [0, 0.05) is 83.6 Å². The average molecular weight is 2340 g/mol. The van der Waals surface area contributed by atoms with E-state index < -0.39 is 152 Å². The number of imidazole rings is 1. The van der Waals surface area contributed by atoms with Crippen LogP contribution in [0.1, 0.15) is 52.3 Å². The van der Waals surface area contributed by atoms with E-state index in [0.717, 1.165) is 66.7 Å². The molecule has 796 valence electrons. The van der Waals surface area contributed by atoms with Gasteiger partial charge in [0.1, 0.15) is 71.4 Å². The maximum absolute atomic E-state index is 12.8. The minimum absolute atomic E-state index is 0. The fraction of sp³-hybridized carbons (Fsp3) is 0.154. The maximum Gasteiger partial charge on any atom is 0.333 e. The number of hydrogen-bond acceptors (Lipinski definition) is 52. The Labute approximate surface area is 870 Å². The number of nitrogen functional groups attached to an aromatic ring is 5. The first kappa shape index (κ1) is 119. The van der Waals surface area contributed by atoms with Crippen LogP contribution < -0.4 is 77.5 Å². The topological polar surface area (TPSA) is 957 Å². The number of aryl methyl sites for hydroxylation is 4. The quantitative estimate of drug-likeness (QED) is 0.00272. The highest BCUT2D eigenvalue weighted by atomic mass is 127. The summed E-state index contributed by atoms with van der Waals surface area (Å²) in [4.78, 5) is 110. The van der Waals surface area contributed by atoms with Gasteiger partial charge >= 0.3 is 18.1 Å². The molecule has 5 aromatic heterocycles. The molecule has 0 aliphatic rings. The molecule has 8 aromatic carbocycles. The number of phenolic OH excluding ortho intramolecular Hbond substituents is 2. The molecule has 5 amide bonds. The first-order valence-corrected chi connectivity index (χ1v) is 50.2. The summed E-state index contributed by atoms with van der Waals surface area (Å²) in [6.45, 7) is 16.6. The summed E-state index contributed by atoms with van der Waals surface area (Å²) in [5.41, 5.74) is 24.2. The molecule has 62 nitrogen and oxygen atoms in total. The van der Waals surface area contributed by atoms with Crippen molar-refractivity contribution in [1.29, 1.82) is 0 Å². The molecule has 0 saturated heterocycles. The lowest BCUT2D eigenvalue weighted by atomic mass is 10.1. The number of carbonyl (C=O) groups excluding carboxylic acids is 3. The molecule has 0 aliphatic heterocycles. The van der Waals surface area contributed by atoms with Crippen LogP contribution in [0.5, 0.6) is 11.5 Å². The highest BCUT2D eigenvalue weighted by Crippen LogP contribution is 2.53. The smallest absolute Gasteiger partial charge is 0.333 e. The highest BCUT2D eigenvalue weighted by Gasteiger charge is 2.30. The first-order valence-electron chi connectivity index (χ1n) is 40.7. The molecule has 5 heterocycles. The standard InChI is InChI=1S/C34H29N13O17S4.C22H19N7O13S4.C9H9N5O2.C6H15N.C5H7N3O.CH3I.CH4/c1-13-7-24(48)40-31(36-13)42-33(51)38-16-3-5-20(65-63-61-53)18(11-16)44-47-29-23(68(58,59)60)10-15-9-21(66-64-62-54)28(30(50)26(15)27(29)35)46-45-19-12-17(4-6-22(19)67(55,56)57)39-34(52)43-32-37-14(2)8-25(49)41-32;23-10-1-3-14(43-41-39-31)12(7-10)26-29-21-17(46(36,37)38)6-9-5-15(44-42-40-32)20(22(30)18(9)19(21)25)28-27-13-8-11(24)2-4-16(13)45(33,34)35;1-6-4-7(15)12-8(11-6)13-9(16)14-3-2-10-5-14;1-4-7(5-2)6-3;1-3-2-4(9)8-5(6)7-3;1-2;/h3-12,50,53-54H,35H2,1-2H3,(H,55,56,57)(H,58,59,60)(H3,36,38,40,42,48,51)(H3,37,39,41,43,49,52);1-8,30-32H,23-25H2,(H,33,34,35)(H,36,37,38);2-5H,1H3,(H2,11,12,13,15,16);4-6H2,1-3H3;2H,1H3,(H3,6,7,8,9);1H3;1H4/i;;;;;1D;. The van der Waals surface area contributed by atoms with Gasteiger partial charge in [0.15, 0.2) is 11.5 Å². The van der Waals surface area contributed by atoms with Crippen molar-refractivity contribution in [1.82, 2.24) is 54.3 Å². The summed E-state index contributed by atoms with van der Waals surface area (Å²) >= 11 is 3.17. The Hall–Kier alpha value is -14.7. The zero-order chi connectivity index (χ0) is 110. The number of urea groups is 2. The van der Waals surface area contributed by atoms with Crippen molar-refractivity contribution in [2.24, 2.45) is 40.9 Å². The number of anilines is 10. The van der Waals surface area contributed by atoms with Gasteiger partial charge in [0.05, 0.1) is 89.9 Å². The number of hydrogen-bond donors (Lipinski definition) is 24. The number of fused-ring (bicyclic) bond motifs is 2. The Kier molecular flexibility index (Phi) is 44.8. The summed E-state index contributed by atoms with van der Waals surface area (Å²) < 4.78 is 164. The third-order valence-electron chi connectivity index (χ3n) is 18.1. The first-order chi connectivity index (χ1) is 70.4. The van der Waals surface area contributed by atoms with Crippen LogP contribution in [0, 0.1) is 27.7 Å². The van der Waals surface area contributed by atoms with E-state index in [9.17, 15) is 95.7 Å². The summed E-state index contributed by atoms with van der Waals surface area (Å²) in [5.74, 6) is -1.93. The highest BCUT2D eigenvalue weighted by molar-refractivity contribution is 14.1. The molecule has 0 aliphatic carbocycles. The second-order valence-electron chi connectivity index (χ2n) is 28.2. The Bertz CT molecular complexity index is 7940. The molecular weight excluding hydrogens is 2250 g/mol. The van der Waals surface area contributed by atoms with Crippen molar-refractivity contribution in [2.75, 3.05) is 79.8 Å². The van der Waals surface area contributed by atoms with E-state index in [2.05, 4.69) is 176 Å². The number of H-pyrrole nitrogens is 4. The molecule has 0 radical (unpaired) electrons. The zero-order valence-corrected chi connectivity index (χ0v) is 84.9. The van der Waals surface area contributed by atoms with Crippen LogP contribution >= 0.6 is 70.8 Å². The minimum atomic E-state index is -5.26. The van der Waals surface area contributed by atoms with E-state index in [0.29, 0.717) is 51.8 Å². The molecule has 0 atom stereocenters. The fourth-order valence-electron chi connectivity index (χ4n) is 12.0. The van der Waals surface area contributed by atoms with Crippen molar-refractivity contribution in [2.45, 2.75) is 95.1 Å². The number of rotatable bonds is 32. The molecule has 0 bridgehead atoms. The van der Waals surface area contributed by atoms with Crippen LogP contribution in [0.2, 0.25) is 0 Å². The maximum atomic E-state index is 12.8. The van der Waals surface area contributed by atoms with Gasteiger partial charge in [-0.3, -0.25) is 67.9 Å². The number of aromatic hydroxyl groups is 2. The minimum Gasteiger partial charge on any atom is -0.505 e. The Morgan fingerprint density at radius 2 is 0.812 bits per heavy atom. The average Bonchev–Trinajstić information content (AvgIpc) is 1.20. The second-order valence-corrected chi connectivity index (χ2v) is 36.8. The molecular formula is C78H86IN29O33S8. The predicted octanol–water partition coefficient (Wildman–Crippen LogP) is 14.9. The van der Waals surface area contributed by atoms with Crippen LogP contribution in [-0.2, 0) is 78.0 Å². The Balaban J connectivity index is 0.000000313. The van der Waals surface area contributed by atoms with Gasteiger partial charge < -0.3 is 64.4 Å². The molecule has 29 N–H and O–H groups in total. The van der Waals surface area contributed by atoms with Gasteiger partial charge in [-0.2, -0.15) is 43.6 Å². The number of aromatic amines is 4. The van der Waals surface area contributed by atoms with Gasteiger partial charge in [-0.15, -0.1) is 58.2 Å². The van der Waals surface area contributed by atoms with Crippen molar-refractivity contribution in [3.8, 4) is 11.5 Å². The molecule has 0 saturated carbocycles. The summed E-state index contributed by atoms with van der Waals surface area (Å²) in [6, 6.07) is 20.4. The van der Waals surface area contributed by atoms with Crippen LogP contribution in [0.4, 0.5) is 118 Å². The van der Waals surface area contributed by atoms with Gasteiger partial charge in [-0.1, -0.05) is 70.9 Å². The lowest BCUT2D eigenvalue weighted by Gasteiger charge is -2.14. The number of amides is 5. The molecule has 0 unspecified atom stereocenters. The van der Waals surface area contributed by atoms with Gasteiger partial charge in [0.2, 0.25) is 23.8 Å². The van der Waals surface area contributed by atoms with Gasteiger partial charge in [0.25, 0.3) is 62.7 Å². The van der Waals surface area contributed by atoms with E-state index >= 15 is 0 Å². The number of azo groups is 4. The third kappa shape index (κ3) is 35.5. The molecule has 0 spiro atoms. The van der Waals surface area contributed by atoms with E-state index in [1.54, 1.807) is 20.8 Å². The van der Waals surface area contributed by atoms with Crippen LogP contribution in [0.15, 0.2) is 239 Å². The second kappa shape index (κ2) is 55.9. The SMILES string of the molecule is C.CCN(CC)CC.Cc1cc(=O)[nH]c(N)n1.Cc1cc(=O)[nH]c(NC(=O)n2ccnc2)n1.Cc1cc(=O)nc(NC(=O)Nc2ccc(SOOO)c(N=Nc3c(S(=O)(=O)O)cc4cc(SOOO)c(N=Nc5cc(NC(=O)Nc6nc(=O)cc(C)[nH]6)ccc5S(=O)(=O)O)c(O)c4c3N)c2)[nH]1.Nc1ccc(SOOO)c(N=Nc2c(S(=O)(=O)O)cc3cc(SOOO)c(N=Nc4cc(N)ccc4S(=O)(=O)O)c(O)c3c2N)c1.[2H]CI. The number of alkyl halides is 1. The number of benzene rings is 8. The lowest BCUT2D eigenvalue weighted by Crippen LogP contribution is -2.23. The van der Waals surface area contributed by atoms with Gasteiger partial charge in [-0.05, 0) is 160 Å². The van der Waals surface area contributed by atoms with Gasteiger partial charge in [-0.25, -0.2) is 50.4 Å². The van der Waals surface area contributed by atoms with E-state index in [1.807, 2.05) is 22.6 Å². The molecule has 13 rings (SSSR count). The number of carbonyl (C=O) groups is 3. The van der Waals surface area contributed by atoms with Crippen LogP contribution in [-0.4, -0.2) is 180 Å².